The number of hydrogen-bond donors (Lipinski definition) is 3. The van der Waals surface area contributed by atoms with E-state index in [0.717, 1.165) is 18.5 Å². The summed E-state index contributed by atoms with van der Waals surface area (Å²) in [6.07, 6.45) is 1.84. The van der Waals surface area contributed by atoms with E-state index in [4.69, 9.17) is 0 Å². The molecule has 5 nitrogen and oxygen atoms in total. The molecule has 1 aliphatic carbocycles. The summed E-state index contributed by atoms with van der Waals surface area (Å²) < 4.78 is 26.7. The highest BCUT2D eigenvalue weighted by molar-refractivity contribution is 7.89. The molecule has 0 radical (unpaired) electrons. The Morgan fingerprint density at radius 2 is 1.85 bits per heavy atom. The number of nitrogens with one attached hydrogen (secondary N) is 2. The molecule has 1 unspecified atom stereocenters. The molecule has 0 aromatic heterocycles. The van der Waals surface area contributed by atoms with Gasteiger partial charge in [0, 0.05) is 11.7 Å². The van der Waals surface area contributed by atoms with Crippen molar-refractivity contribution in [1.82, 2.24) is 4.72 Å². The van der Waals surface area contributed by atoms with Crippen LogP contribution in [-0.4, -0.2) is 32.2 Å². The molecule has 0 saturated heterocycles. The molecular formula is C14H22N2O3S. The maximum Gasteiger partial charge on any atom is 0.240 e. The third-order valence-corrected chi connectivity index (χ3v) is 4.95. The Bertz CT molecular complexity index is 536. The standard InChI is InChI=1S/C14H22N2O3S/c1-10(2)14(9-17)15-11-5-7-13(8-6-11)20(18,19)16-12-3-4-12/h5-8,10,12,14-17H,3-4,9H2,1-2H3. The van der Waals surface area contributed by atoms with E-state index in [2.05, 4.69) is 10.0 Å². The number of benzene rings is 1. The molecule has 1 aromatic rings. The van der Waals surface area contributed by atoms with Gasteiger partial charge in [0.1, 0.15) is 0 Å². The van der Waals surface area contributed by atoms with Gasteiger partial charge >= 0.3 is 0 Å². The van der Waals surface area contributed by atoms with E-state index < -0.39 is 10.0 Å². The number of aliphatic hydroxyl groups excluding tert-OH is 1. The Morgan fingerprint density at radius 1 is 1.25 bits per heavy atom. The van der Waals surface area contributed by atoms with E-state index in [1.807, 2.05) is 13.8 Å². The van der Waals surface area contributed by atoms with Crippen molar-refractivity contribution in [3.63, 3.8) is 0 Å². The van der Waals surface area contributed by atoms with Gasteiger partial charge in [-0.15, -0.1) is 0 Å². The molecule has 0 heterocycles. The lowest BCUT2D eigenvalue weighted by atomic mass is 10.1. The van der Waals surface area contributed by atoms with Crippen molar-refractivity contribution in [2.75, 3.05) is 11.9 Å². The monoisotopic (exact) mass is 298 g/mol. The zero-order chi connectivity index (χ0) is 14.8. The van der Waals surface area contributed by atoms with Crippen LogP contribution in [0.4, 0.5) is 5.69 Å². The second-order valence-electron chi connectivity index (χ2n) is 5.60. The molecule has 0 bridgehead atoms. The molecule has 1 aliphatic rings. The van der Waals surface area contributed by atoms with E-state index in [9.17, 15) is 13.5 Å². The minimum atomic E-state index is -3.39. The normalized spacial score (nSPS) is 17.2. The van der Waals surface area contributed by atoms with Crippen molar-refractivity contribution in [2.45, 2.75) is 43.7 Å². The maximum atomic E-state index is 12.0. The van der Waals surface area contributed by atoms with E-state index in [1.54, 1.807) is 24.3 Å². The maximum absolute atomic E-state index is 12.0. The predicted octanol–water partition coefficient (Wildman–Crippen LogP) is 1.56. The first-order chi connectivity index (χ1) is 9.42. The van der Waals surface area contributed by atoms with Gasteiger partial charge in [-0.3, -0.25) is 0 Å². The molecule has 1 atom stereocenters. The highest BCUT2D eigenvalue weighted by Gasteiger charge is 2.27. The summed E-state index contributed by atoms with van der Waals surface area (Å²) in [5.74, 6) is 0.292. The summed E-state index contributed by atoms with van der Waals surface area (Å²) >= 11 is 0. The Labute approximate surface area is 120 Å². The first-order valence-corrected chi connectivity index (χ1v) is 8.40. The average molecular weight is 298 g/mol. The lowest BCUT2D eigenvalue weighted by molar-refractivity contribution is 0.249. The Morgan fingerprint density at radius 3 is 2.30 bits per heavy atom. The summed E-state index contributed by atoms with van der Waals surface area (Å²) in [6, 6.07) is 6.70. The second-order valence-corrected chi connectivity index (χ2v) is 7.31. The lowest BCUT2D eigenvalue weighted by Gasteiger charge is -2.21. The van der Waals surface area contributed by atoms with Crippen LogP contribution in [0.15, 0.2) is 29.2 Å². The van der Waals surface area contributed by atoms with Gasteiger partial charge in [0.05, 0.1) is 17.5 Å². The van der Waals surface area contributed by atoms with Gasteiger partial charge in [-0.2, -0.15) is 0 Å². The number of rotatable bonds is 7. The van der Waals surface area contributed by atoms with Crippen molar-refractivity contribution in [1.29, 1.82) is 0 Å². The molecule has 0 spiro atoms. The summed E-state index contributed by atoms with van der Waals surface area (Å²) in [5.41, 5.74) is 0.808. The molecule has 0 amide bonds. The van der Waals surface area contributed by atoms with Crippen LogP contribution in [-0.2, 0) is 10.0 Å². The molecule has 112 valence electrons. The SMILES string of the molecule is CC(C)C(CO)Nc1ccc(S(=O)(=O)NC2CC2)cc1. The third kappa shape index (κ3) is 3.94. The van der Waals surface area contributed by atoms with Crippen molar-refractivity contribution in [3.8, 4) is 0 Å². The van der Waals surface area contributed by atoms with Crippen LogP contribution in [0.3, 0.4) is 0 Å². The third-order valence-electron chi connectivity index (χ3n) is 3.42. The topological polar surface area (TPSA) is 78.4 Å². The van der Waals surface area contributed by atoms with Crippen molar-refractivity contribution < 1.29 is 13.5 Å². The van der Waals surface area contributed by atoms with Crippen LogP contribution in [0.1, 0.15) is 26.7 Å². The smallest absolute Gasteiger partial charge is 0.240 e. The highest BCUT2D eigenvalue weighted by atomic mass is 32.2. The fourth-order valence-corrected chi connectivity index (χ4v) is 3.16. The zero-order valence-electron chi connectivity index (χ0n) is 11.8. The van der Waals surface area contributed by atoms with Crippen LogP contribution in [0.25, 0.3) is 0 Å². The van der Waals surface area contributed by atoms with Gasteiger partial charge in [-0.25, -0.2) is 13.1 Å². The Kier molecular flexibility index (Phi) is 4.67. The number of sulfonamides is 1. The number of aliphatic hydroxyl groups is 1. The van der Waals surface area contributed by atoms with Gasteiger partial charge in [-0.05, 0) is 43.0 Å². The van der Waals surface area contributed by atoms with Crippen LogP contribution >= 0.6 is 0 Å². The summed E-state index contributed by atoms with van der Waals surface area (Å²) in [4.78, 5) is 0.278. The molecule has 1 fully saturated rings. The quantitative estimate of drug-likeness (QED) is 0.714. The Balaban J connectivity index is 2.05. The minimum absolute atomic E-state index is 0.0398. The molecule has 1 aromatic carbocycles. The van der Waals surface area contributed by atoms with Gasteiger partial charge in [0.25, 0.3) is 0 Å². The van der Waals surface area contributed by atoms with Crippen LogP contribution in [0, 0.1) is 5.92 Å². The second kappa shape index (κ2) is 6.11. The van der Waals surface area contributed by atoms with Crippen LogP contribution in [0.5, 0.6) is 0 Å². The van der Waals surface area contributed by atoms with Crippen molar-refractivity contribution in [2.24, 2.45) is 5.92 Å². The van der Waals surface area contributed by atoms with Crippen LogP contribution < -0.4 is 10.0 Å². The van der Waals surface area contributed by atoms with Gasteiger partial charge in [-0.1, -0.05) is 13.8 Å². The summed E-state index contributed by atoms with van der Waals surface area (Å²) in [7, 11) is -3.39. The molecular weight excluding hydrogens is 276 g/mol. The molecule has 1 saturated carbocycles. The average Bonchev–Trinajstić information content (AvgIpc) is 3.19. The summed E-state index contributed by atoms with van der Waals surface area (Å²) in [6.45, 7) is 4.08. The number of anilines is 1. The molecule has 3 N–H and O–H groups in total. The molecule has 0 aliphatic heterocycles. The van der Waals surface area contributed by atoms with Crippen molar-refractivity contribution in [3.05, 3.63) is 24.3 Å². The van der Waals surface area contributed by atoms with E-state index in [1.165, 1.54) is 0 Å². The largest absolute Gasteiger partial charge is 0.394 e. The molecule has 2 rings (SSSR count). The van der Waals surface area contributed by atoms with E-state index in [-0.39, 0.29) is 23.6 Å². The first kappa shape index (κ1) is 15.3. The lowest BCUT2D eigenvalue weighted by Crippen LogP contribution is -2.29. The van der Waals surface area contributed by atoms with Crippen LogP contribution in [0.2, 0.25) is 0 Å². The van der Waals surface area contributed by atoms with E-state index in [0.29, 0.717) is 5.92 Å². The van der Waals surface area contributed by atoms with Gasteiger partial charge in [0.15, 0.2) is 0 Å². The van der Waals surface area contributed by atoms with E-state index >= 15 is 0 Å². The predicted molar refractivity (Wildman–Crippen MR) is 79.1 cm³/mol. The fraction of sp³-hybridized carbons (Fsp3) is 0.571. The minimum Gasteiger partial charge on any atom is -0.394 e. The highest BCUT2D eigenvalue weighted by Crippen LogP contribution is 2.23. The number of hydrogen-bond acceptors (Lipinski definition) is 4. The van der Waals surface area contributed by atoms with Gasteiger partial charge in [0.2, 0.25) is 10.0 Å². The first-order valence-electron chi connectivity index (χ1n) is 6.92. The van der Waals surface area contributed by atoms with Crippen molar-refractivity contribution >= 4 is 15.7 Å². The molecule has 20 heavy (non-hydrogen) atoms. The zero-order valence-corrected chi connectivity index (χ0v) is 12.7. The van der Waals surface area contributed by atoms with Gasteiger partial charge < -0.3 is 10.4 Å². The molecule has 6 heteroatoms. The fourth-order valence-electron chi connectivity index (χ4n) is 1.86. The summed E-state index contributed by atoms with van der Waals surface area (Å²) in [5, 5.41) is 12.5. The Hall–Kier alpha value is -1.11.